The molecule has 4 rings (SSSR count). The molecule has 0 spiro atoms. The van der Waals surface area contributed by atoms with Gasteiger partial charge in [-0.25, -0.2) is 4.98 Å². The summed E-state index contributed by atoms with van der Waals surface area (Å²) >= 11 is 13.8. The predicted molar refractivity (Wildman–Crippen MR) is 125 cm³/mol. The number of carbonyl (C=O) groups excluding carboxylic acids is 1. The Bertz CT molecular complexity index is 1010. The SMILES string of the molecule is O=C(Nc1ncc(Cc2cccc(Cl)c2Cl)s1)c1ccc(CN2CCCCC2)cc1. The number of halogens is 2. The molecule has 2 aromatic carbocycles. The first kappa shape index (κ1) is 21.3. The maximum atomic E-state index is 12.6. The highest BCUT2D eigenvalue weighted by atomic mass is 35.5. The summed E-state index contributed by atoms with van der Waals surface area (Å²) < 4.78 is 0. The molecule has 1 saturated heterocycles. The Hall–Kier alpha value is -1.92. The number of carbonyl (C=O) groups is 1. The number of thiazole rings is 1. The molecule has 0 unspecified atom stereocenters. The Morgan fingerprint density at radius 3 is 2.60 bits per heavy atom. The van der Waals surface area contributed by atoms with Crippen LogP contribution in [0.2, 0.25) is 10.0 Å². The number of benzene rings is 2. The zero-order valence-corrected chi connectivity index (χ0v) is 18.9. The van der Waals surface area contributed by atoms with Crippen molar-refractivity contribution < 1.29 is 4.79 Å². The first-order chi connectivity index (χ1) is 14.6. The van der Waals surface area contributed by atoms with Crippen LogP contribution in [-0.4, -0.2) is 28.9 Å². The fourth-order valence-electron chi connectivity index (χ4n) is 3.63. The third-order valence-electron chi connectivity index (χ3n) is 5.24. The lowest BCUT2D eigenvalue weighted by atomic mass is 10.1. The molecule has 1 amide bonds. The van der Waals surface area contributed by atoms with E-state index in [1.165, 1.54) is 36.2 Å². The fourth-order valence-corrected chi connectivity index (χ4v) is 4.84. The highest BCUT2D eigenvalue weighted by Gasteiger charge is 2.13. The molecule has 1 aromatic heterocycles. The van der Waals surface area contributed by atoms with E-state index in [1.807, 2.05) is 36.4 Å². The van der Waals surface area contributed by atoms with E-state index >= 15 is 0 Å². The molecule has 4 nitrogen and oxygen atoms in total. The van der Waals surface area contributed by atoms with Crippen molar-refractivity contribution in [3.63, 3.8) is 0 Å². The van der Waals surface area contributed by atoms with Crippen molar-refractivity contribution in [2.24, 2.45) is 0 Å². The number of piperidine rings is 1. The van der Waals surface area contributed by atoms with Crippen LogP contribution in [0.5, 0.6) is 0 Å². The lowest BCUT2D eigenvalue weighted by Gasteiger charge is -2.26. The summed E-state index contributed by atoms with van der Waals surface area (Å²) in [6, 6.07) is 13.4. The van der Waals surface area contributed by atoms with Crippen LogP contribution in [0.15, 0.2) is 48.7 Å². The normalized spacial score (nSPS) is 14.6. The molecule has 1 N–H and O–H groups in total. The van der Waals surface area contributed by atoms with Crippen molar-refractivity contribution in [2.45, 2.75) is 32.2 Å². The molecule has 1 aliphatic heterocycles. The minimum Gasteiger partial charge on any atom is -0.299 e. The molecule has 0 bridgehead atoms. The van der Waals surface area contributed by atoms with Crippen LogP contribution in [0.3, 0.4) is 0 Å². The molecule has 7 heteroatoms. The first-order valence-corrected chi connectivity index (χ1v) is 11.7. The molecule has 156 valence electrons. The van der Waals surface area contributed by atoms with Gasteiger partial charge < -0.3 is 0 Å². The molecular formula is C23H23Cl2N3OS. The number of hydrogen-bond donors (Lipinski definition) is 1. The van der Waals surface area contributed by atoms with Gasteiger partial charge in [-0.15, -0.1) is 11.3 Å². The summed E-state index contributed by atoms with van der Waals surface area (Å²) in [5.74, 6) is -0.152. The number of likely N-dealkylation sites (tertiary alicyclic amines) is 1. The zero-order chi connectivity index (χ0) is 20.9. The van der Waals surface area contributed by atoms with Crippen molar-refractivity contribution >= 4 is 45.6 Å². The second kappa shape index (κ2) is 9.92. The van der Waals surface area contributed by atoms with Crippen LogP contribution in [0, 0.1) is 0 Å². The minimum absolute atomic E-state index is 0.152. The van der Waals surface area contributed by atoms with E-state index in [0.717, 1.165) is 30.1 Å². The van der Waals surface area contributed by atoms with Crippen LogP contribution < -0.4 is 5.32 Å². The summed E-state index contributed by atoms with van der Waals surface area (Å²) in [6.45, 7) is 3.27. The Balaban J connectivity index is 1.35. The molecular weight excluding hydrogens is 437 g/mol. The van der Waals surface area contributed by atoms with Gasteiger partial charge in [0.15, 0.2) is 5.13 Å². The average Bonchev–Trinajstić information content (AvgIpc) is 3.19. The monoisotopic (exact) mass is 459 g/mol. The number of rotatable bonds is 6. The van der Waals surface area contributed by atoms with E-state index < -0.39 is 0 Å². The van der Waals surface area contributed by atoms with Crippen molar-refractivity contribution in [1.82, 2.24) is 9.88 Å². The van der Waals surface area contributed by atoms with E-state index in [1.54, 1.807) is 12.3 Å². The molecule has 1 aliphatic rings. The van der Waals surface area contributed by atoms with Crippen molar-refractivity contribution in [3.8, 4) is 0 Å². The first-order valence-electron chi connectivity index (χ1n) is 10.1. The number of aromatic nitrogens is 1. The number of anilines is 1. The molecule has 1 fully saturated rings. The molecule has 0 atom stereocenters. The third-order valence-corrected chi connectivity index (χ3v) is 7.01. The average molecular weight is 460 g/mol. The number of nitrogens with one attached hydrogen (secondary N) is 1. The molecule has 0 saturated carbocycles. The van der Waals surface area contributed by atoms with Crippen molar-refractivity contribution in [3.05, 3.63) is 80.3 Å². The number of hydrogen-bond acceptors (Lipinski definition) is 4. The second-order valence-electron chi connectivity index (χ2n) is 7.51. The maximum Gasteiger partial charge on any atom is 0.257 e. The van der Waals surface area contributed by atoms with Gasteiger partial charge in [0.2, 0.25) is 0 Å². The van der Waals surface area contributed by atoms with Gasteiger partial charge in [0.05, 0.1) is 10.0 Å². The molecule has 0 aliphatic carbocycles. The zero-order valence-electron chi connectivity index (χ0n) is 16.5. The topological polar surface area (TPSA) is 45.2 Å². The van der Waals surface area contributed by atoms with Gasteiger partial charge >= 0.3 is 0 Å². The van der Waals surface area contributed by atoms with Crippen LogP contribution in [0.4, 0.5) is 5.13 Å². The fraction of sp³-hybridized carbons (Fsp3) is 0.304. The van der Waals surface area contributed by atoms with Crippen LogP contribution in [0.1, 0.15) is 45.6 Å². The van der Waals surface area contributed by atoms with Gasteiger partial charge in [-0.1, -0.05) is 53.9 Å². The summed E-state index contributed by atoms with van der Waals surface area (Å²) in [6.07, 6.45) is 6.27. The molecule has 30 heavy (non-hydrogen) atoms. The minimum atomic E-state index is -0.152. The van der Waals surface area contributed by atoms with Gasteiger partial charge in [-0.2, -0.15) is 0 Å². The van der Waals surface area contributed by atoms with E-state index in [0.29, 0.717) is 27.2 Å². The summed E-state index contributed by atoms with van der Waals surface area (Å²) in [7, 11) is 0. The van der Waals surface area contributed by atoms with Gasteiger partial charge in [-0.3, -0.25) is 15.0 Å². The molecule has 3 aromatic rings. The van der Waals surface area contributed by atoms with E-state index in [-0.39, 0.29) is 5.91 Å². The summed E-state index contributed by atoms with van der Waals surface area (Å²) in [5, 5.41) is 4.56. The number of amides is 1. The van der Waals surface area contributed by atoms with Crippen LogP contribution in [0.25, 0.3) is 0 Å². The summed E-state index contributed by atoms with van der Waals surface area (Å²) in [4.78, 5) is 20.4. The Morgan fingerprint density at radius 1 is 1.07 bits per heavy atom. The molecule has 2 heterocycles. The standard InChI is InChI=1S/C23H23Cl2N3OS/c24-20-6-4-5-18(21(20)25)13-19-14-26-23(30-19)27-22(29)17-9-7-16(8-10-17)15-28-11-2-1-3-12-28/h4-10,14H,1-3,11-13,15H2,(H,26,27,29). The van der Waals surface area contributed by atoms with Crippen molar-refractivity contribution in [2.75, 3.05) is 18.4 Å². The number of nitrogens with zero attached hydrogens (tertiary/aromatic N) is 2. The maximum absolute atomic E-state index is 12.6. The highest BCUT2D eigenvalue weighted by Crippen LogP contribution is 2.29. The lowest BCUT2D eigenvalue weighted by Crippen LogP contribution is -2.29. The van der Waals surface area contributed by atoms with Crippen LogP contribution >= 0.6 is 34.5 Å². The van der Waals surface area contributed by atoms with E-state index in [2.05, 4.69) is 15.2 Å². The largest absolute Gasteiger partial charge is 0.299 e. The third kappa shape index (κ3) is 5.41. The van der Waals surface area contributed by atoms with Crippen molar-refractivity contribution in [1.29, 1.82) is 0 Å². The quantitative estimate of drug-likeness (QED) is 0.471. The second-order valence-corrected chi connectivity index (χ2v) is 9.41. The Labute approximate surface area is 190 Å². The Kier molecular flexibility index (Phi) is 7.05. The van der Waals surface area contributed by atoms with Gasteiger partial charge in [0, 0.05) is 29.6 Å². The summed E-state index contributed by atoms with van der Waals surface area (Å²) in [5.41, 5.74) is 2.81. The van der Waals surface area contributed by atoms with E-state index in [4.69, 9.17) is 23.2 Å². The smallest absolute Gasteiger partial charge is 0.257 e. The van der Waals surface area contributed by atoms with E-state index in [9.17, 15) is 4.79 Å². The van der Waals surface area contributed by atoms with Gasteiger partial charge in [0.1, 0.15) is 0 Å². The van der Waals surface area contributed by atoms with Gasteiger partial charge in [-0.05, 0) is 55.3 Å². The molecule has 0 radical (unpaired) electrons. The highest BCUT2D eigenvalue weighted by molar-refractivity contribution is 7.15. The lowest BCUT2D eigenvalue weighted by molar-refractivity contribution is 0.102. The van der Waals surface area contributed by atoms with Gasteiger partial charge in [0.25, 0.3) is 5.91 Å². The predicted octanol–water partition coefficient (Wildman–Crippen LogP) is 6.28. The van der Waals surface area contributed by atoms with Crippen LogP contribution in [-0.2, 0) is 13.0 Å². The Morgan fingerprint density at radius 2 is 1.83 bits per heavy atom.